The van der Waals surface area contributed by atoms with Crippen molar-refractivity contribution in [2.75, 3.05) is 6.54 Å². The molecule has 0 aromatic carbocycles. The molecule has 0 fully saturated rings. The van der Waals surface area contributed by atoms with Crippen LogP contribution in [0, 0.1) is 5.92 Å². The summed E-state index contributed by atoms with van der Waals surface area (Å²) >= 11 is 0. The highest BCUT2D eigenvalue weighted by atomic mass is 16.3. The van der Waals surface area contributed by atoms with Crippen LogP contribution in [0.5, 0.6) is 0 Å². The van der Waals surface area contributed by atoms with Crippen LogP contribution in [-0.2, 0) is 13.6 Å². The van der Waals surface area contributed by atoms with E-state index in [4.69, 9.17) is 0 Å². The van der Waals surface area contributed by atoms with E-state index in [1.54, 1.807) is 4.68 Å². The molecule has 4 heteroatoms. The zero-order chi connectivity index (χ0) is 12.2. The van der Waals surface area contributed by atoms with Crippen LogP contribution in [0.3, 0.4) is 0 Å². The molecule has 0 aliphatic rings. The molecule has 0 bridgehead atoms. The molecule has 16 heavy (non-hydrogen) atoms. The third-order valence-corrected chi connectivity index (χ3v) is 3.23. The van der Waals surface area contributed by atoms with Crippen molar-refractivity contribution in [2.24, 2.45) is 13.0 Å². The number of aromatic nitrogens is 2. The molecule has 0 amide bonds. The van der Waals surface area contributed by atoms with Crippen LogP contribution in [0.4, 0.5) is 0 Å². The van der Waals surface area contributed by atoms with Crippen LogP contribution in [0.25, 0.3) is 0 Å². The Morgan fingerprint density at radius 2 is 2.31 bits per heavy atom. The second-order valence-electron chi connectivity index (χ2n) is 4.75. The minimum atomic E-state index is -0.649. The molecule has 1 aromatic rings. The van der Waals surface area contributed by atoms with Gasteiger partial charge in [0.2, 0.25) is 0 Å². The van der Waals surface area contributed by atoms with Crippen LogP contribution in [0.2, 0.25) is 0 Å². The molecule has 0 aliphatic carbocycles. The molecule has 0 spiro atoms. The summed E-state index contributed by atoms with van der Waals surface area (Å²) in [6.07, 6.45) is 2.90. The third-order valence-electron chi connectivity index (χ3n) is 3.23. The number of aliphatic hydroxyl groups is 1. The molecule has 0 aliphatic heterocycles. The first-order chi connectivity index (χ1) is 7.45. The van der Waals surface area contributed by atoms with E-state index in [0.29, 0.717) is 19.0 Å². The third kappa shape index (κ3) is 3.61. The first kappa shape index (κ1) is 13.2. The lowest BCUT2D eigenvalue weighted by molar-refractivity contribution is 0.00528. The van der Waals surface area contributed by atoms with Gasteiger partial charge in [0.15, 0.2) is 0 Å². The van der Waals surface area contributed by atoms with E-state index in [-0.39, 0.29) is 0 Å². The molecule has 4 nitrogen and oxygen atoms in total. The highest BCUT2D eigenvalue weighted by molar-refractivity contribution is 4.98. The van der Waals surface area contributed by atoms with Gasteiger partial charge in [-0.2, -0.15) is 5.10 Å². The normalized spacial score (nSPS) is 17.1. The number of hydrogen-bond donors (Lipinski definition) is 2. The van der Waals surface area contributed by atoms with Crippen LogP contribution < -0.4 is 5.32 Å². The zero-order valence-electron chi connectivity index (χ0n) is 10.7. The first-order valence-corrected chi connectivity index (χ1v) is 5.87. The van der Waals surface area contributed by atoms with Crippen molar-refractivity contribution in [3.63, 3.8) is 0 Å². The number of hydrogen-bond acceptors (Lipinski definition) is 3. The van der Waals surface area contributed by atoms with Crippen molar-refractivity contribution in [3.05, 3.63) is 18.0 Å². The van der Waals surface area contributed by atoms with E-state index in [2.05, 4.69) is 24.3 Å². The van der Waals surface area contributed by atoms with Crippen LogP contribution in [0.15, 0.2) is 12.3 Å². The minimum Gasteiger partial charge on any atom is -0.389 e. The molecule has 1 aromatic heterocycles. The van der Waals surface area contributed by atoms with Gasteiger partial charge in [-0.05, 0) is 18.9 Å². The van der Waals surface area contributed by atoms with E-state index in [9.17, 15) is 5.11 Å². The molecule has 0 saturated heterocycles. The van der Waals surface area contributed by atoms with Gasteiger partial charge in [0, 0.05) is 26.3 Å². The van der Waals surface area contributed by atoms with Gasteiger partial charge >= 0.3 is 0 Å². The van der Waals surface area contributed by atoms with Crippen LogP contribution in [-0.4, -0.2) is 27.0 Å². The Bertz CT molecular complexity index is 320. The van der Waals surface area contributed by atoms with Crippen molar-refractivity contribution in [2.45, 2.75) is 39.3 Å². The summed E-state index contributed by atoms with van der Waals surface area (Å²) in [5.41, 5.74) is 0.353. The summed E-state index contributed by atoms with van der Waals surface area (Å²) in [6, 6.07) is 1.98. The highest BCUT2D eigenvalue weighted by Crippen LogP contribution is 2.18. The zero-order valence-corrected chi connectivity index (χ0v) is 10.7. The lowest BCUT2D eigenvalue weighted by Gasteiger charge is -2.29. The Hall–Kier alpha value is -0.870. The van der Waals surface area contributed by atoms with E-state index < -0.39 is 5.60 Å². The van der Waals surface area contributed by atoms with Gasteiger partial charge in [0.1, 0.15) is 0 Å². The Labute approximate surface area is 97.7 Å². The fourth-order valence-electron chi connectivity index (χ4n) is 1.62. The van der Waals surface area contributed by atoms with Crippen LogP contribution >= 0.6 is 0 Å². The molecule has 2 unspecified atom stereocenters. The highest BCUT2D eigenvalue weighted by Gasteiger charge is 2.26. The Kier molecular flexibility index (Phi) is 4.50. The number of nitrogens with zero attached hydrogens (tertiary/aromatic N) is 2. The largest absolute Gasteiger partial charge is 0.389 e. The second-order valence-corrected chi connectivity index (χ2v) is 4.75. The van der Waals surface area contributed by atoms with Gasteiger partial charge in [-0.15, -0.1) is 0 Å². The minimum absolute atomic E-state index is 0.295. The lowest BCUT2D eigenvalue weighted by atomic mass is 9.89. The summed E-state index contributed by atoms with van der Waals surface area (Å²) in [7, 11) is 1.90. The second kappa shape index (κ2) is 5.46. The fourth-order valence-corrected chi connectivity index (χ4v) is 1.62. The summed E-state index contributed by atoms with van der Waals surface area (Å²) in [4.78, 5) is 0. The molecule has 1 rings (SSSR count). The van der Waals surface area contributed by atoms with Gasteiger partial charge in [0.25, 0.3) is 0 Å². The van der Waals surface area contributed by atoms with Gasteiger partial charge in [0.05, 0.1) is 11.3 Å². The molecule has 2 N–H and O–H groups in total. The Balaban J connectivity index is 2.35. The molecule has 2 atom stereocenters. The summed E-state index contributed by atoms with van der Waals surface area (Å²) in [5.74, 6) is 0.295. The van der Waals surface area contributed by atoms with Crippen molar-refractivity contribution in [3.8, 4) is 0 Å². The fraction of sp³-hybridized carbons (Fsp3) is 0.750. The maximum absolute atomic E-state index is 10.2. The maximum Gasteiger partial charge on any atom is 0.0768 e. The van der Waals surface area contributed by atoms with Crippen molar-refractivity contribution >= 4 is 0 Å². The van der Waals surface area contributed by atoms with Gasteiger partial charge in [-0.1, -0.05) is 20.3 Å². The van der Waals surface area contributed by atoms with Crippen molar-refractivity contribution in [1.29, 1.82) is 0 Å². The molecule has 0 radical (unpaired) electrons. The average molecular weight is 225 g/mol. The maximum atomic E-state index is 10.2. The van der Waals surface area contributed by atoms with E-state index in [1.165, 1.54) is 0 Å². The number of nitrogens with one attached hydrogen (secondary N) is 1. The monoisotopic (exact) mass is 225 g/mol. The Morgan fingerprint density at radius 3 is 2.81 bits per heavy atom. The first-order valence-electron chi connectivity index (χ1n) is 5.87. The predicted octanol–water partition coefficient (Wildman–Crippen LogP) is 1.31. The van der Waals surface area contributed by atoms with Crippen molar-refractivity contribution < 1.29 is 5.11 Å². The summed E-state index contributed by atoms with van der Waals surface area (Å²) < 4.78 is 1.78. The smallest absolute Gasteiger partial charge is 0.0768 e. The Morgan fingerprint density at radius 1 is 1.62 bits per heavy atom. The summed E-state index contributed by atoms with van der Waals surface area (Å²) in [5, 5.41) is 17.7. The van der Waals surface area contributed by atoms with Crippen molar-refractivity contribution in [1.82, 2.24) is 15.1 Å². The summed E-state index contributed by atoms with van der Waals surface area (Å²) in [6.45, 7) is 7.35. The topological polar surface area (TPSA) is 50.1 Å². The van der Waals surface area contributed by atoms with Gasteiger partial charge < -0.3 is 10.4 Å². The molecule has 0 saturated carbocycles. The predicted molar refractivity (Wildman–Crippen MR) is 65.0 cm³/mol. The lowest BCUT2D eigenvalue weighted by Crippen LogP contribution is -2.42. The van der Waals surface area contributed by atoms with E-state index in [1.807, 2.05) is 26.2 Å². The number of aryl methyl sites for hydroxylation is 1. The number of rotatable bonds is 6. The van der Waals surface area contributed by atoms with E-state index in [0.717, 1.165) is 12.1 Å². The SMILES string of the molecule is CCC(C)C(C)(O)CNCc1ccn(C)n1. The molecule has 1 heterocycles. The van der Waals surface area contributed by atoms with E-state index >= 15 is 0 Å². The standard InChI is InChI=1S/C12H23N3O/c1-5-10(2)12(3,16)9-13-8-11-6-7-15(4)14-11/h6-7,10,13,16H,5,8-9H2,1-4H3. The quantitative estimate of drug-likeness (QED) is 0.767. The van der Waals surface area contributed by atoms with Crippen LogP contribution in [0.1, 0.15) is 32.9 Å². The average Bonchev–Trinajstić information content (AvgIpc) is 2.62. The van der Waals surface area contributed by atoms with Gasteiger partial charge in [-0.3, -0.25) is 4.68 Å². The molecular formula is C12H23N3O. The molecule has 92 valence electrons. The van der Waals surface area contributed by atoms with Gasteiger partial charge in [-0.25, -0.2) is 0 Å². The molecular weight excluding hydrogens is 202 g/mol.